The summed E-state index contributed by atoms with van der Waals surface area (Å²) in [5.74, 6) is -30.6. The van der Waals surface area contributed by atoms with E-state index >= 15 is 0 Å². The van der Waals surface area contributed by atoms with E-state index in [1.54, 1.807) is 0 Å². The Morgan fingerprint density at radius 3 is 1.37 bits per heavy atom. The van der Waals surface area contributed by atoms with Crippen molar-refractivity contribution in [1.82, 2.24) is 0 Å². The second kappa shape index (κ2) is 6.94. The Morgan fingerprint density at radius 2 is 1.07 bits per heavy atom. The van der Waals surface area contributed by atoms with E-state index in [2.05, 4.69) is 27.9 Å². The number of hydrogen-bond donors (Lipinski definition) is 0. The lowest BCUT2D eigenvalue weighted by Crippen LogP contribution is -2.66. The van der Waals surface area contributed by atoms with E-state index in [-0.39, 0.29) is 7.11 Å². The molecular weight excluding hydrogens is 457 g/mol. The van der Waals surface area contributed by atoms with E-state index in [1.165, 1.54) is 0 Å². The lowest BCUT2D eigenvalue weighted by Gasteiger charge is -2.34. The Morgan fingerprint density at radius 1 is 0.704 bits per heavy atom. The van der Waals surface area contributed by atoms with Crippen LogP contribution in [0.25, 0.3) is 0 Å². The van der Waals surface area contributed by atoms with Crippen molar-refractivity contribution in [3.05, 3.63) is 0 Å². The third-order valence-corrected chi connectivity index (χ3v) is 3.83. The zero-order valence-corrected chi connectivity index (χ0v) is 14.2. The van der Waals surface area contributed by atoms with E-state index in [0.29, 0.717) is 0 Å². The molecule has 0 aliphatic rings. The molecule has 158 valence electrons. The number of ether oxygens (including phenoxy) is 1. The normalized spacial score (nSPS) is 18.3. The first-order valence-corrected chi connectivity index (χ1v) is 6.75. The average Bonchev–Trinajstić information content (AvgIpc) is 2.50. The number of halogens is 12. The van der Waals surface area contributed by atoms with Crippen molar-refractivity contribution < 1.29 is 63.0 Å². The third kappa shape index (κ3) is 3.82. The van der Waals surface area contributed by atoms with Gasteiger partial charge in [-0.2, -0.15) is 35.1 Å². The Balaban J connectivity index is 6.30. The summed E-state index contributed by atoms with van der Waals surface area (Å²) >= 11 is 8.12. The maximum atomic E-state index is 14.0. The van der Waals surface area contributed by atoms with E-state index < -0.39 is 58.4 Å². The van der Waals surface area contributed by atoms with Gasteiger partial charge in [0, 0.05) is 0 Å². The van der Waals surface area contributed by atoms with Crippen molar-refractivity contribution in [2.24, 2.45) is 0 Å². The summed E-state index contributed by atoms with van der Waals surface area (Å²) in [4.78, 5) is 33.0. The van der Waals surface area contributed by atoms with Crippen molar-refractivity contribution in [3.63, 3.8) is 0 Å². The highest BCUT2D eigenvalue weighted by Gasteiger charge is 2.79. The highest BCUT2D eigenvalue weighted by molar-refractivity contribution is 6.41. The van der Waals surface area contributed by atoms with Crippen LogP contribution in [-0.4, -0.2) is 58.6 Å². The summed E-state index contributed by atoms with van der Waals surface area (Å²) in [5, 5.41) is -11.3. The fourth-order valence-electron chi connectivity index (χ4n) is 1.38. The zero-order chi connectivity index (χ0) is 22.4. The molecular formula is C11H6Cl2F10O4. The molecule has 4 nitrogen and oxygen atoms in total. The minimum atomic E-state index is -6.58. The van der Waals surface area contributed by atoms with Crippen LogP contribution in [0.15, 0.2) is 0 Å². The standard InChI is InChI=1S/C11H6Cl2F10O4/c1-6(14,3(24)9(18,19)10(20,21)5(26)27-2)8(16,17)4(25)7(12,15)11(13,22)23/h1-2H3. The number of alkyl halides is 12. The second-order valence-corrected chi connectivity index (χ2v) is 5.94. The number of hydrogen-bond acceptors (Lipinski definition) is 4. The number of carbonyl (C=O) groups is 3. The molecule has 0 fully saturated rings. The summed E-state index contributed by atoms with van der Waals surface area (Å²) in [5.41, 5.74) is -5.75. The molecule has 2 atom stereocenters. The summed E-state index contributed by atoms with van der Waals surface area (Å²) in [6, 6.07) is 0. The Bertz CT molecular complexity index is 642. The molecule has 0 bridgehead atoms. The first-order chi connectivity index (χ1) is 11.5. The van der Waals surface area contributed by atoms with Gasteiger partial charge in [0.1, 0.15) is 0 Å². The molecule has 0 aromatic carbocycles. The number of Topliss-reactive ketones (excluding diaryl/α,β-unsaturated/α-hetero) is 2. The largest absolute Gasteiger partial charge is 0.464 e. The van der Waals surface area contributed by atoms with Crippen LogP contribution in [0.2, 0.25) is 0 Å². The summed E-state index contributed by atoms with van der Waals surface area (Å²) in [6.07, 6.45) is 0. The highest BCUT2D eigenvalue weighted by atomic mass is 35.5. The van der Waals surface area contributed by atoms with Crippen molar-refractivity contribution in [2.45, 2.75) is 40.9 Å². The van der Waals surface area contributed by atoms with Gasteiger partial charge >= 0.3 is 34.2 Å². The van der Waals surface area contributed by atoms with Gasteiger partial charge in [0.15, 0.2) is 0 Å². The molecule has 0 aromatic heterocycles. The summed E-state index contributed by atoms with van der Waals surface area (Å²) < 4.78 is 137. The first kappa shape index (κ1) is 25.7. The Kier molecular flexibility index (Phi) is 6.60. The van der Waals surface area contributed by atoms with Crippen LogP contribution in [0, 0.1) is 0 Å². The molecule has 0 heterocycles. The van der Waals surface area contributed by atoms with Gasteiger partial charge in [-0.1, -0.05) is 11.6 Å². The molecule has 0 spiro atoms. The zero-order valence-electron chi connectivity index (χ0n) is 12.7. The second-order valence-electron chi connectivity index (χ2n) is 4.95. The molecule has 0 aliphatic carbocycles. The van der Waals surface area contributed by atoms with E-state index in [9.17, 15) is 58.3 Å². The Hall–Kier alpha value is -1.31. The van der Waals surface area contributed by atoms with Crippen LogP contribution in [0.1, 0.15) is 6.92 Å². The topological polar surface area (TPSA) is 60.4 Å². The smallest absolute Gasteiger partial charge is 0.411 e. The van der Waals surface area contributed by atoms with Gasteiger partial charge in [0.05, 0.1) is 7.11 Å². The predicted molar refractivity (Wildman–Crippen MR) is 66.9 cm³/mol. The maximum Gasteiger partial charge on any atom is 0.411 e. The molecule has 0 saturated carbocycles. The molecule has 0 N–H and O–H groups in total. The molecule has 0 radical (unpaired) electrons. The first-order valence-electron chi connectivity index (χ1n) is 5.99. The fourth-order valence-corrected chi connectivity index (χ4v) is 1.58. The molecule has 0 aliphatic heterocycles. The molecule has 2 unspecified atom stereocenters. The number of rotatable bonds is 8. The summed E-state index contributed by atoms with van der Waals surface area (Å²) in [7, 11) is 0.108. The van der Waals surface area contributed by atoms with Gasteiger partial charge in [-0.3, -0.25) is 9.59 Å². The van der Waals surface area contributed by atoms with Crippen LogP contribution >= 0.6 is 23.2 Å². The van der Waals surface area contributed by atoms with Crippen molar-refractivity contribution in [1.29, 1.82) is 0 Å². The Labute approximate surface area is 152 Å². The molecule has 0 amide bonds. The monoisotopic (exact) mass is 462 g/mol. The molecule has 27 heavy (non-hydrogen) atoms. The van der Waals surface area contributed by atoms with E-state index in [0.717, 1.165) is 0 Å². The number of methoxy groups -OCH3 is 1. The van der Waals surface area contributed by atoms with Gasteiger partial charge in [0.25, 0.3) is 11.6 Å². The number of carbonyl (C=O) groups excluding carboxylic acids is 3. The van der Waals surface area contributed by atoms with E-state index in [1.807, 2.05) is 0 Å². The van der Waals surface area contributed by atoms with Gasteiger partial charge in [0.2, 0.25) is 5.67 Å². The number of esters is 1. The molecule has 0 rings (SSSR count). The molecule has 0 aromatic rings. The fraction of sp³-hybridized carbons (Fsp3) is 0.727. The van der Waals surface area contributed by atoms with Gasteiger partial charge in [-0.15, -0.1) is 0 Å². The van der Waals surface area contributed by atoms with E-state index in [4.69, 9.17) is 0 Å². The lowest BCUT2D eigenvalue weighted by atomic mass is 9.85. The number of ketones is 2. The average molecular weight is 463 g/mol. The third-order valence-electron chi connectivity index (χ3n) is 3.06. The minimum Gasteiger partial charge on any atom is -0.464 e. The summed E-state index contributed by atoms with van der Waals surface area (Å²) in [6.45, 7) is -0.923. The van der Waals surface area contributed by atoms with Crippen LogP contribution in [0.5, 0.6) is 0 Å². The van der Waals surface area contributed by atoms with Crippen LogP contribution < -0.4 is 0 Å². The van der Waals surface area contributed by atoms with Crippen LogP contribution in [-0.2, 0) is 19.1 Å². The van der Waals surface area contributed by atoms with Gasteiger partial charge in [-0.25, -0.2) is 13.6 Å². The van der Waals surface area contributed by atoms with Gasteiger partial charge < -0.3 is 4.74 Å². The van der Waals surface area contributed by atoms with Crippen molar-refractivity contribution in [3.8, 4) is 0 Å². The SMILES string of the molecule is COC(=O)C(F)(F)C(F)(F)C(=O)C(C)(F)C(F)(F)C(=O)C(F)(Cl)C(F)(F)Cl. The van der Waals surface area contributed by atoms with Crippen LogP contribution in [0.3, 0.4) is 0 Å². The maximum absolute atomic E-state index is 14.0. The van der Waals surface area contributed by atoms with Crippen molar-refractivity contribution in [2.75, 3.05) is 7.11 Å². The van der Waals surface area contributed by atoms with Crippen LogP contribution in [0.4, 0.5) is 43.9 Å². The predicted octanol–water partition coefficient (Wildman–Crippen LogP) is 3.67. The lowest BCUT2D eigenvalue weighted by molar-refractivity contribution is -0.236. The van der Waals surface area contributed by atoms with Gasteiger partial charge in [-0.05, 0) is 18.5 Å². The van der Waals surface area contributed by atoms with Crippen molar-refractivity contribution >= 4 is 40.7 Å². The minimum absolute atomic E-state index is 0.108. The quantitative estimate of drug-likeness (QED) is 0.313. The molecule has 16 heteroatoms. The highest BCUT2D eigenvalue weighted by Crippen LogP contribution is 2.50. The molecule has 0 saturated heterocycles.